The van der Waals surface area contributed by atoms with Gasteiger partial charge >= 0.3 is 0 Å². The molecule has 0 bridgehead atoms. The van der Waals surface area contributed by atoms with Crippen molar-refractivity contribution in [2.45, 2.75) is 46.0 Å². The third-order valence-electron chi connectivity index (χ3n) is 4.14. The van der Waals surface area contributed by atoms with Gasteiger partial charge in [-0.3, -0.25) is 0 Å². The van der Waals surface area contributed by atoms with Crippen molar-refractivity contribution in [3.05, 3.63) is 23.4 Å². The molecule has 1 fully saturated rings. The summed E-state index contributed by atoms with van der Waals surface area (Å²) >= 11 is 0. The van der Waals surface area contributed by atoms with Crippen LogP contribution < -0.4 is 5.32 Å². The first-order valence-electron chi connectivity index (χ1n) is 6.80. The molecule has 1 aliphatic carbocycles. The van der Waals surface area contributed by atoms with Gasteiger partial charge in [0.2, 0.25) is 0 Å². The lowest BCUT2D eigenvalue weighted by Crippen LogP contribution is -2.26. The van der Waals surface area contributed by atoms with Crippen LogP contribution in [0.4, 0.5) is 5.82 Å². The van der Waals surface area contributed by atoms with E-state index in [2.05, 4.69) is 23.3 Å². The Bertz CT molecular complexity index is 453. The number of nitrogens with zero attached hydrogens (tertiary/aromatic N) is 2. The Kier molecular flexibility index (Phi) is 3.86. The van der Waals surface area contributed by atoms with Crippen LogP contribution >= 0.6 is 0 Å². The second-order valence-electron chi connectivity index (χ2n) is 5.41. The molecule has 3 nitrogen and oxygen atoms in total. The van der Waals surface area contributed by atoms with Gasteiger partial charge in [-0.1, -0.05) is 19.8 Å². The maximum absolute atomic E-state index is 8.96. The summed E-state index contributed by atoms with van der Waals surface area (Å²) in [7, 11) is 0. The maximum Gasteiger partial charge on any atom is 0.127 e. The quantitative estimate of drug-likeness (QED) is 0.878. The topological polar surface area (TPSA) is 48.7 Å². The van der Waals surface area contributed by atoms with E-state index in [0.29, 0.717) is 11.0 Å². The Morgan fingerprint density at radius 3 is 2.72 bits per heavy atom. The fraction of sp³-hybridized carbons (Fsp3) is 0.600. The van der Waals surface area contributed by atoms with E-state index in [1.165, 1.54) is 32.1 Å². The van der Waals surface area contributed by atoms with E-state index in [-0.39, 0.29) is 0 Å². The van der Waals surface area contributed by atoms with E-state index in [0.717, 1.165) is 18.1 Å². The second kappa shape index (κ2) is 5.39. The number of aryl methyl sites for hydroxylation is 1. The molecular weight excluding hydrogens is 222 g/mol. The van der Waals surface area contributed by atoms with Gasteiger partial charge in [0.15, 0.2) is 0 Å². The lowest BCUT2D eigenvalue weighted by atomic mass is 9.83. The first-order valence-corrected chi connectivity index (χ1v) is 6.80. The maximum atomic E-state index is 8.96. The Labute approximate surface area is 109 Å². The summed E-state index contributed by atoms with van der Waals surface area (Å²) in [4.78, 5) is 4.45. The molecule has 1 aliphatic rings. The molecule has 0 radical (unpaired) electrons. The normalized spacial score (nSPS) is 17.4. The molecule has 0 aromatic carbocycles. The Morgan fingerprint density at radius 2 is 2.11 bits per heavy atom. The number of anilines is 1. The van der Waals surface area contributed by atoms with E-state index >= 15 is 0 Å². The van der Waals surface area contributed by atoms with Crippen LogP contribution in [0.5, 0.6) is 0 Å². The van der Waals surface area contributed by atoms with Gasteiger partial charge in [0, 0.05) is 12.2 Å². The Hall–Kier alpha value is -1.56. The molecule has 1 heterocycles. The summed E-state index contributed by atoms with van der Waals surface area (Å²) in [6, 6.07) is 5.83. The molecule has 1 saturated carbocycles. The molecule has 1 aromatic heterocycles. The van der Waals surface area contributed by atoms with Crippen molar-refractivity contribution in [1.82, 2.24) is 4.98 Å². The molecule has 2 rings (SSSR count). The van der Waals surface area contributed by atoms with Crippen LogP contribution in [0.3, 0.4) is 0 Å². The lowest BCUT2D eigenvalue weighted by Gasteiger charge is -2.28. The van der Waals surface area contributed by atoms with Crippen LogP contribution in [0, 0.1) is 23.7 Å². The molecule has 0 spiro atoms. The molecule has 0 unspecified atom stereocenters. The molecule has 1 aromatic rings. The fourth-order valence-electron chi connectivity index (χ4n) is 2.88. The van der Waals surface area contributed by atoms with Crippen LogP contribution in [0.2, 0.25) is 0 Å². The monoisotopic (exact) mass is 243 g/mol. The molecule has 0 amide bonds. The van der Waals surface area contributed by atoms with Crippen molar-refractivity contribution >= 4 is 5.82 Å². The molecule has 1 N–H and O–H groups in total. The molecule has 0 atom stereocenters. The molecule has 3 heteroatoms. The van der Waals surface area contributed by atoms with Gasteiger partial charge < -0.3 is 5.32 Å². The van der Waals surface area contributed by atoms with Gasteiger partial charge in [0.05, 0.1) is 11.6 Å². The highest BCUT2D eigenvalue weighted by Crippen LogP contribution is 2.40. The Morgan fingerprint density at radius 1 is 1.39 bits per heavy atom. The fourth-order valence-corrected chi connectivity index (χ4v) is 2.88. The van der Waals surface area contributed by atoms with E-state index in [1.807, 2.05) is 19.1 Å². The highest BCUT2D eigenvalue weighted by Gasteiger charge is 2.31. The van der Waals surface area contributed by atoms with E-state index in [4.69, 9.17) is 5.26 Å². The van der Waals surface area contributed by atoms with Crippen molar-refractivity contribution in [1.29, 1.82) is 5.26 Å². The first kappa shape index (κ1) is 12.9. The second-order valence-corrected chi connectivity index (χ2v) is 5.41. The number of rotatable bonds is 4. The third-order valence-corrected chi connectivity index (χ3v) is 4.14. The molecule has 18 heavy (non-hydrogen) atoms. The summed E-state index contributed by atoms with van der Waals surface area (Å²) in [5.74, 6) is 0.839. The van der Waals surface area contributed by atoms with Gasteiger partial charge in [0.25, 0.3) is 0 Å². The van der Waals surface area contributed by atoms with E-state index < -0.39 is 0 Å². The summed E-state index contributed by atoms with van der Waals surface area (Å²) in [6.45, 7) is 5.18. The average molecular weight is 243 g/mol. The zero-order valence-corrected chi connectivity index (χ0v) is 11.3. The molecule has 0 aliphatic heterocycles. The number of nitriles is 1. The smallest absolute Gasteiger partial charge is 0.127 e. The minimum Gasteiger partial charge on any atom is -0.369 e. The van der Waals surface area contributed by atoms with Gasteiger partial charge in [-0.2, -0.15) is 5.26 Å². The predicted molar refractivity (Wildman–Crippen MR) is 73.4 cm³/mol. The van der Waals surface area contributed by atoms with Crippen molar-refractivity contribution in [3.8, 4) is 6.07 Å². The van der Waals surface area contributed by atoms with Gasteiger partial charge in [-0.15, -0.1) is 0 Å². The van der Waals surface area contributed by atoms with Crippen LogP contribution in [-0.2, 0) is 0 Å². The SMILES string of the molecule is CCC1(CNc2cc(C#N)cc(C)n2)CCCC1. The zero-order chi connectivity index (χ0) is 13.0. The highest BCUT2D eigenvalue weighted by atomic mass is 15.0. The average Bonchev–Trinajstić information content (AvgIpc) is 2.85. The molecule has 0 saturated heterocycles. The molecule has 96 valence electrons. The van der Waals surface area contributed by atoms with E-state index in [1.54, 1.807) is 0 Å². The summed E-state index contributed by atoms with van der Waals surface area (Å²) in [5, 5.41) is 12.4. The Balaban J connectivity index is 2.06. The van der Waals surface area contributed by atoms with E-state index in [9.17, 15) is 0 Å². The van der Waals surface area contributed by atoms with Crippen LogP contribution in [-0.4, -0.2) is 11.5 Å². The largest absolute Gasteiger partial charge is 0.369 e. The van der Waals surface area contributed by atoms with Gasteiger partial charge in [0.1, 0.15) is 5.82 Å². The summed E-state index contributed by atoms with van der Waals surface area (Å²) in [6.07, 6.45) is 6.54. The number of nitrogens with one attached hydrogen (secondary N) is 1. The number of pyridine rings is 1. The standard InChI is InChI=1S/C15H21N3/c1-3-15(6-4-5-7-15)11-17-14-9-13(10-16)8-12(2)18-14/h8-9H,3-7,11H2,1-2H3,(H,17,18). The summed E-state index contributed by atoms with van der Waals surface area (Å²) < 4.78 is 0. The zero-order valence-electron chi connectivity index (χ0n) is 11.3. The van der Waals surface area contributed by atoms with Gasteiger partial charge in [-0.25, -0.2) is 4.98 Å². The minimum absolute atomic E-state index is 0.443. The van der Waals surface area contributed by atoms with Crippen LogP contribution in [0.1, 0.15) is 50.3 Å². The van der Waals surface area contributed by atoms with Crippen molar-refractivity contribution in [3.63, 3.8) is 0 Å². The van der Waals surface area contributed by atoms with Crippen molar-refractivity contribution < 1.29 is 0 Å². The van der Waals surface area contributed by atoms with Gasteiger partial charge in [-0.05, 0) is 43.7 Å². The van der Waals surface area contributed by atoms with Crippen LogP contribution in [0.15, 0.2) is 12.1 Å². The third kappa shape index (κ3) is 2.81. The van der Waals surface area contributed by atoms with Crippen molar-refractivity contribution in [2.24, 2.45) is 5.41 Å². The summed E-state index contributed by atoms with van der Waals surface area (Å²) in [5.41, 5.74) is 2.02. The number of aromatic nitrogens is 1. The van der Waals surface area contributed by atoms with Crippen LogP contribution in [0.25, 0.3) is 0 Å². The predicted octanol–water partition coefficient (Wildman–Crippen LogP) is 3.64. The van der Waals surface area contributed by atoms with Crippen molar-refractivity contribution in [2.75, 3.05) is 11.9 Å². The number of hydrogen-bond donors (Lipinski definition) is 1. The highest BCUT2D eigenvalue weighted by molar-refractivity contribution is 5.44. The lowest BCUT2D eigenvalue weighted by molar-refractivity contribution is 0.306. The molecular formula is C15H21N3. The first-order chi connectivity index (χ1) is 8.67. The minimum atomic E-state index is 0.443. The number of hydrogen-bond acceptors (Lipinski definition) is 3.